The highest BCUT2D eigenvalue weighted by Gasteiger charge is 2.39. The molecule has 1 fully saturated rings. The van der Waals surface area contributed by atoms with Gasteiger partial charge in [-0.25, -0.2) is 0 Å². The fraction of sp³-hybridized carbons (Fsp3) is 0.462. The Balaban J connectivity index is 2.00. The van der Waals surface area contributed by atoms with Crippen LogP contribution in [0.1, 0.15) is 30.9 Å². The van der Waals surface area contributed by atoms with Crippen LogP contribution in [0.25, 0.3) is 0 Å². The van der Waals surface area contributed by atoms with E-state index in [1.54, 1.807) is 6.92 Å². The summed E-state index contributed by atoms with van der Waals surface area (Å²) in [5, 5.41) is 9.74. The van der Waals surface area contributed by atoms with Gasteiger partial charge in [-0.2, -0.15) is 0 Å². The van der Waals surface area contributed by atoms with Gasteiger partial charge < -0.3 is 5.11 Å². The van der Waals surface area contributed by atoms with Gasteiger partial charge in [0.05, 0.1) is 5.60 Å². The summed E-state index contributed by atoms with van der Waals surface area (Å²) in [5.41, 5.74) is 1.78. The molecule has 1 aliphatic rings. The Bertz CT molecular complexity index is 361. The molecule has 0 unspecified atom stereocenters. The summed E-state index contributed by atoms with van der Waals surface area (Å²) in [4.78, 5) is 10.9. The average Bonchev–Trinajstić information content (AvgIpc) is 2.86. The molecule has 15 heavy (non-hydrogen) atoms. The van der Waals surface area contributed by atoms with E-state index in [0.29, 0.717) is 6.42 Å². The van der Waals surface area contributed by atoms with Crippen molar-refractivity contribution in [3.8, 4) is 0 Å². The van der Waals surface area contributed by atoms with Gasteiger partial charge in [0.1, 0.15) is 5.78 Å². The molecule has 1 aromatic rings. The molecule has 0 amide bonds. The van der Waals surface area contributed by atoms with E-state index >= 15 is 0 Å². The van der Waals surface area contributed by atoms with Crippen LogP contribution in [-0.4, -0.2) is 16.5 Å². The number of aliphatic hydroxyl groups is 1. The molecule has 2 heteroatoms. The minimum Gasteiger partial charge on any atom is -0.390 e. The zero-order valence-corrected chi connectivity index (χ0v) is 8.99. The van der Waals surface area contributed by atoms with Crippen molar-refractivity contribution < 1.29 is 9.90 Å². The van der Waals surface area contributed by atoms with E-state index in [1.807, 2.05) is 24.3 Å². The lowest BCUT2D eigenvalue weighted by molar-refractivity contribution is -0.116. The van der Waals surface area contributed by atoms with E-state index < -0.39 is 5.60 Å². The molecule has 0 radical (unpaired) electrons. The first kappa shape index (κ1) is 10.4. The Morgan fingerprint density at radius 1 is 1.27 bits per heavy atom. The van der Waals surface area contributed by atoms with Gasteiger partial charge in [0.15, 0.2) is 0 Å². The van der Waals surface area contributed by atoms with Gasteiger partial charge in [-0.15, -0.1) is 0 Å². The van der Waals surface area contributed by atoms with Gasteiger partial charge in [0.2, 0.25) is 0 Å². The van der Waals surface area contributed by atoms with Crippen LogP contribution >= 0.6 is 0 Å². The Labute approximate surface area is 89.9 Å². The molecule has 0 heterocycles. The second-order valence-electron chi connectivity index (χ2n) is 4.60. The maximum absolute atomic E-state index is 10.9. The predicted molar refractivity (Wildman–Crippen MR) is 58.7 cm³/mol. The zero-order chi connectivity index (χ0) is 10.9. The van der Waals surface area contributed by atoms with E-state index in [9.17, 15) is 9.90 Å². The lowest BCUT2D eigenvalue weighted by atomic mass is 10.0. The molecule has 2 rings (SSSR count). The summed E-state index contributed by atoms with van der Waals surface area (Å²) in [6.07, 6.45) is 3.09. The maximum atomic E-state index is 10.9. The van der Waals surface area contributed by atoms with Crippen molar-refractivity contribution in [1.29, 1.82) is 0 Å². The monoisotopic (exact) mass is 204 g/mol. The highest BCUT2D eigenvalue weighted by molar-refractivity contribution is 5.78. The third kappa shape index (κ3) is 2.90. The van der Waals surface area contributed by atoms with Gasteiger partial charge in [0.25, 0.3) is 0 Å². The fourth-order valence-corrected chi connectivity index (χ4v) is 1.76. The summed E-state index contributed by atoms with van der Waals surface area (Å²) in [5.74, 6) is 0.184. The molecule has 0 bridgehead atoms. The smallest absolute Gasteiger partial charge is 0.134 e. The van der Waals surface area contributed by atoms with Gasteiger partial charge in [-0.3, -0.25) is 4.79 Å². The van der Waals surface area contributed by atoms with Crippen LogP contribution < -0.4 is 0 Å². The number of carbonyl (C=O) groups excluding carboxylic acids is 1. The molecule has 0 aliphatic heterocycles. The van der Waals surface area contributed by atoms with Crippen molar-refractivity contribution in [3.63, 3.8) is 0 Å². The number of hydrogen-bond donors (Lipinski definition) is 1. The summed E-state index contributed by atoms with van der Waals surface area (Å²) in [6.45, 7) is 1.60. The molecular weight excluding hydrogens is 188 g/mol. The van der Waals surface area contributed by atoms with Gasteiger partial charge in [-0.1, -0.05) is 24.3 Å². The minimum atomic E-state index is -0.428. The van der Waals surface area contributed by atoms with Crippen LogP contribution in [-0.2, 0) is 17.6 Å². The minimum absolute atomic E-state index is 0.184. The van der Waals surface area contributed by atoms with Crippen LogP contribution in [0, 0.1) is 0 Å². The summed E-state index contributed by atoms with van der Waals surface area (Å²) >= 11 is 0. The summed E-state index contributed by atoms with van der Waals surface area (Å²) < 4.78 is 0. The molecular formula is C13H16O2. The SMILES string of the molecule is CC(=O)Cc1ccc(CC2(O)CC2)cc1. The predicted octanol–water partition coefficient (Wildman–Crippen LogP) is 1.89. The highest BCUT2D eigenvalue weighted by Crippen LogP contribution is 2.38. The van der Waals surface area contributed by atoms with E-state index in [2.05, 4.69) is 0 Å². The number of rotatable bonds is 4. The second kappa shape index (κ2) is 3.78. The number of carbonyl (C=O) groups is 1. The molecule has 80 valence electrons. The standard InChI is InChI=1S/C13H16O2/c1-10(14)8-11-2-4-12(5-3-11)9-13(15)6-7-13/h2-5,15H,6-9H2,1H3. The van der Waals surface area contributed by atoms with Gasteiger partial charge in [-0.05, 0) is 30.9 Å². The van der Waals surface area contributed by atoms with Crippen molar-refractivity contribution in [2.24, 2.45) is 0 Å². The maximum Gasteiger partial charge on any atom is 0.134 e. The quantitative estimate of drug-likeness (QED) is 0.813. The fourth-order valence-electron chi connectivity index (χ4n) is 1.76. The van der Waals surface area contributed by atoms with Crippen LogP contribution in [0.3, 0.4) is 0 Å². The Hall–Kier alpha value is -1.15. The lowest BCUT2D eigenvalue weighted by Crippen LogP contribution is -2.10. The van der Waals surface area contributed by atoms with E-state index in [-0.39, 0.29) is 5.78 Å². The van der Waals surface area contributed by atoms with Gasteiger partial charge >= 0.3 is 0 Å². The highest BCUT2D eigenvalue weighted by atomic mass is 16.3. The molecule has 0 atom stereocenters. The summed E-state index contributed by atoms with van der Waals surface area (Å²) in [7, 11) is 0. The normalized spacial score (nSPS) is 17.5. The van der Waals surface area contributed by atoms with Gasteiger partial charge in [0, 0.05) is 12.8 Å². The van der Waals surface area contributed by atoms with Crippen LogP contribution in [0.5, 0.6) is 0 Å². The van der Waals surface area contributed by atoms with Crippen molar-refractivity contribution in [2.75, 3.05) is 0 Å². The first-order chi connectivity index (χ1) is 7.07. The largest absolute Gasteiger partial charge is 0.390 e. The van der Waals surface area contributed by atoms with E-state index in [0.717, 1.165) is 30.4 Å². The number of Topliss-reactive ketones (excluding diaryl/α,β-unsaturated/α-hetero) is 1. The van der Waals surface area contributed by atoms with Crippen LogP contribution in [0.4, 0.5) is 0 Å². The zero-order valence-electron chi connectivity index (χ0n) is 8.99. The third-order valence-electron chi connectivity index (χ3n) is 2.84. The van der Waals surface area contributed by atoms with Crippen molar-refractivity contribution in [1.82, 2.24) is 0 Å². The Morgan fingerprint density at radius 3 is 2.27 bits per heavy atom. The molecule has 1 aliphatic carbocycles. The average molecular weight is 204 g/mol. The molecule has 1 saturated carbocycles. The molecule has 0 aromatic heterocycles. The first-order valence-corrected chi connectivity index (χ1v) is 5.37. The molecule has 0 spiro atoms. The van der Waals surface area contributed by atoms with E-state index in [4.69, 9.17) is 0 Å². The number of benzene rings is 1. The Kier molecular flexibility index (Phi) is 2.61. The number of hydrogen-bond acceptors (Lipinski definition) is 2. The third-order valence-corrected chi connectivity index (χ3v) is 2.84. The first-order valence-electron chi connectivity index (χ1n) is 5.37. The van der Waals surface area contributed by atoms with Crippen molar-refractivity contribution in [2.45, 2.75) is 38.2 Å². The van der Waals surface area contributed by atoms with Crippen LogP contribution in [0.15, 0.2) is 24.3 Å². The summed E-state index contributed by atoms with van der Waals surface area (Å²) in [6, 6.07) is 7.97. The number of ketones is 1. The lowest BCUT2D eigenvalue weighted by Gasteiger charge is -2.07. The van der Waals surface area contributed by atoms with E-state index in [1.165, 1.54) is 0 Å². The molecule has 2 nitrogen and oxygen atoms in total. The van der Waals surface area contributed by atoms with Crippen LogP contribution in [0.2, 0.25) is 0 Å². The Morgan fingerprint density at radius 2 is 1.80 bits per heavy atom. The van der Waals surface area contributed by atoms with Crippen molar-refractivity contribution >= 4 is 5.78 Å². The molecule has 1 aromatic carbocycles. The molecule has 1 N–H and O–H groups in total. The second-order valence-corrected chi connectivity index (χ2v) is 4.60. The molecule has 0 saturated heterocycles. The van der Waals surface area contributed by atoms with Crippen molar-refractivity contribution in [3.05, 3.63) is 35.4 Å². The topological polar surface area (TPSA) is 37.3 Å².